The molecule has 5 nitrogen and oxygen atoms in total. The van der Waals surface area contributed by atoms with E-state index in [2.05, 4.69) is 10.3 Å². The molecule has 0 saturated heterocycles. The third kappa shape index (κ3) is 4.30. The van der Waals surface area contributed by atoms with Crippen LogP contribution in [0.25, 0.3) is 0 Å². The molecule has 0 radical (unpaired) electrons. The Kier molecular flexibility index (Phi) is 4.86. The number of aromatic nitrogens is 2. The molecule has 1 heterocycles. The molecule has 0 saturated carbocycles. The second-order valence-corrected chi connectivity index (χ2v) is 5.84. The first-order chi connectivity index (χ1) is 7.95. The minimum absolute atomic E-state index is 0.246. The Hall–Kier alpha value is -1.17. The summed E-state index contributed by atoms with van der Waals surface area (Å²) in [5.74, 6) is 1.30. The van der Waals surface area contributed by atoms with Gasteiger partial charge in [-0.1, -0.05) is 19.0 Å². The highest BCUT2D eigenvalue weighted by molar-refractivity contribution is 7.99. The SMILES string of the molecule is Cn1cc(SCCCC(C)(C)C(N)=NO)cn1. The van der Waals surface area contributed by atoms with Crippen molar-refractivity contribution in [1.29, 1.82) is 0 Å². The first-order valence-corrected chi connectivity index (χ1v) is 6.54. The first kappa shape index (κ1) is 13.9. The average molecular weight is 256 g/mol. The van der Waals surface area contributed by atoms with Gasteiger partial charge in [0, 0.05) is 23.6 Å². The maximum atomic E-state index is 8.65. The molecular formula is C11H20N4OS. The van der Waals surface area contributed by atoms with E-state index in [0.717, 1.165) is 18.6 Å². The molecular weight excluding hydrogens is 236 g/mol. The fourth-order valence-electron chi connectivity index (χ4n) is 1.44. The Labute approximate surface area is 106 Å². The van der Waals surface area contributed by atoms with Gasteiger partial charge >= 0.3 is 0 Å². The van der Waals surface area contributed by atoms with Crippen LogP contribution in [-0.2, 0) is 7.05 Å². The molecule has 0 unspecified atom stereocenters. The van der Waals surface area contributed by atoms with Crippen LogP contribution in [-0.4, -0.2) is 26.6 Å². The summed E-state index contributed by atoms with van der Waals surface area (Å²) in [6.07, 6.45) is 5.78. The predicted molar refractivity (Wildman–Crippen MR) is 70.4 cm³/mol. The number of hydrogen-bond donors (Lipinski definition) is 2. The maximum absolute atomic E-state index is 8.65. The van der Waals surface area contributed by atoms with E-state index in [9.17, 15) is 0 Å². The topological polar surface area (TPSA) is 76.4 Å². The largest absolute Gasteiger partial charge is 0.409 e. The van der Waals surface area contributed by atoms with Crippen molar-refractivity contribution in [2.75, 3.05) is 5.75 Å². The van der Waals surface area contributed by atoms with Gasteiger partial charge in [0.25, 0.3) is 0 Å². The summed E-state index contributed by atoms with van der Waals surface area (Å²) in [6.45, 7) is 3.97. The van der Waals surface area contributed by atoms with E-state index in [4.69, 9.17) is 10.9 Å². The molecule has 0 spiro atoms. The van der Waals surface area contributed by atoms with Crippen molar-refractivity contribution in [2.24, 2.45) is 23.4 Å². The van der Waals surface area contributed by atoms with E-state index in [1.807, 2.05) is 33.3 Å². The predicted octanol–water partition coefficient (Wildman–Crippen LogP) is 2.06. The summed E-state index contributed by atoms with van der Waals surface area (Å²) >= 11 is 1.77. The lowest BCUT2D eigenvalue weighted by atomic mass is 9.87. The van der Waals surface area contributed by atoms with Crippen LogP contribution in [0.1, 0.15) is 26.7 Å². The fourth-order valence-corrected chi connectivity index (χ4v) is 2.31. The van der Waals surface area contributed by atoms with Crippen LogP contribution >= 0.6 is 11.8 Å². The molecule has 3 N–H and O–H groups in total. The molecule has 96 valence electrons. The Morgan fingerprint density at radius 2 is 2.35 bits per heavy atom. The molecule has 1 aromatic heterocycles. The zero-order valence-corrected chi connectivity index (χ0v) is 11.4. The molecule has 0 atom stereocenters. The number of oxime groups is 1. The van der Waals surface area contributed by atoms with Crippen LogP contribution in [0.2, 0.25) is 0 Å². The minimum atomic E-state index is -0.246. The monoisotopic (exact) mass is 256 g/mol. The number of aryl methyl sites for hydroxylation is 1. The summed E-state index contributed by atoms with van der Waals surface area (Å²) < 4.78 is 1.79. The van der Waals surface area contributed by atoms with Gasteiger partial charge < -0.3 is 10.9 Å². The van der Waals surface area contributed by atoms with E-state index in [-0.39, 0.29) is 5.41 Å². The van der Waals surface area contributed by atoms with Crippen LogP contribution in [0, 0.1) is 5.41 Å². The van der Waals surface area contributed by atoms with Crippen molar-refractivity contribution in [3.8, 4) is 0 Å². The average Bonchev–Trinajstić information content (AvgIpc) is 2.69. The van der Waals surface area contributed by atoms with Crippen LogP contribution in [0.3, 0.4) is 0 Å². The standard InChI is InChI=1S/C11H20N4OS/c1-11(2,10(12)14-16)5-4-6-17-9-7-13-15(3)8-9/h7-8,16H,4-6H2,1-3H3,(H2,12,14). The number of nitrogens with zero attached hydrogens (tertiary/aromatic N) is 3. The van der Waals surface area contributed by atoms with Gasteiger partial charge in [0.1, 0.15) is 5.84 Å². The fraction of sp³-hybridized carbons (Fsp3) is 0.636. The highest BCUT2D eigenvalue weighted by Gasteiger charge is 2.22. The van der Waals surface area contributed by atoms with Crippen LogP contribution in [0.4, 0.5) is 0 Å². The minimum Gasteiger partial charge on any atom is -0.409 e. The zero-order chi connectivity index (χ0) is 12.9. The van der Waals surface area contributed by atoms with Gasteiger partial charge in [-0.2, -0.15) is 5.10 Å². The van der Waals surface area contributed by atoms with Crippen molar-refractivity contribution in [2.45, 2.75) is 31.6 Å². The zero-order valence-electron chi connectivity index (χ0n) is 10.6. The van der Waals surface area contributed by atoms with Gasteiger partial charge in [0.2, 0.25) is 0 Å². The lowest BCUT2D eigenvalue weighted by Crippen LogP contribution is -2.31. The molecule has 0 aromatic carbocycles. The summed E-state index contributed by atoms with van der Waals surface area (Å²) in [5, 5.41) is 15.8. The van der Waals surface area contributed by atoms with Gasteiger partial charge in [-0.3, -0.25) is 4.68 Å². The lowest BCUT2D eigenvalue weighted by molar-refractivity contribution is 0.305. The van der Waals surface area contributed by atoms with Crippen LogP contribution in [0.5, 0.6) is 0 Å². The maximum Gasteiger partial charge on any atom is 0.144 e. The smallest absolute Gasteiger partial charge is 0.144 e. The van der Waals surface area contributed by atoms with E-state index in [0.29, 0.717) is 5.84 Å². The number of rotatable bonds is 6. The van der Waals surface area contributed by atoms with Crippen molar-refractivity contribution >= 4 is 17.6 Å². The Morgan fingerprint density at radius 3 is 2.88 bits per heavy atom. The molecule has 0 bridgehead atoms. The highest BCUT2D eigenvalue weighted by atomic mass is 32.2. The molecule has 0 aliphatic heterocycles. The third-order valence-corrected chi connectivity index (χ3v) is 3.73. The van der Waals surface area contributed by atoms with Crippen LogP contribution in [0.15, 0.2) is 22.4 Å². The number of amidine groups is 1. The van der Waals surface area contributed by atoms with E-state index in [1.54, 1.807) is 16.4 Å². The molecule has 0 aliphatic rings. The summed E-state index contributed by atoms with van der Waals surface area (Å²) in [7, 11) is 1.91. The highest BCUT2D eigenvalue weighted by Crippen LogP contribution is 2.25. The van der Waals surface area contributed by atoms with E-state index >= 15 is 0 Å². The Balaban J connectivity index is 2.29. The number of hydrogen-bond acceptors (Lipinski definition) is 4. The first-order valence-electron chi connectivity index (χ1n) is 5.55. The normalized spacial score (nSPS) is 13.0. The van der Waals surface area contributed by atoms with Gasteiger partial charge in [0.15, 0.2) is 0 Å². The van der Waals surface area contributed by atoms with Crippen molar-refractivity contribution in [3.63, 3.8) is 0 Å². The molecule has 0 aliphatic carbocycles. The molecule has 1 rings (SSSR count). The second-order valence-electron chi connectivity index (χ2n) is 4.67. The summed E-state index contributed by atoms with van der Waals surface area (Å²) in [5.41, 5.74) is 5.38. The van der Waals surface area contributed by atoms with Gasteiger partial charge in [-0.15, -0.1) is 11.8 Å². The molecule has 0 amide bonds. The molecule has 1 aromatic rings. The lowest BCUT2D eigenvalue weighted by Gasteiger charge is -2.22. The number of nitrogens with two attached hydrogens (primary N) is 1. The summed E-state index contributed by atoms with van der Waals surface area (Å²) in [6, 6.07) is 0. The van der Waals surface area contributed by atoms with Gasteiger partial charge in [-0.25, -0.2) is 0 Å². The Bertz CT molecular complexity index is 387. The van der Waals surface area contributed by atoms with Crippen molar-refractivity contribution < 1.29 is 5.21 Å². The van der Waals surface area contributed by atoms with Crippen molar-refractivity contribution in [1.82, 2.24) is 9.78 Å². The Morgan fingerprint density at radius 1 is 1.65 bits per heavy atom. The molecule has 6 heteroatoms. The summed E-state index contributed by atoms with van der Waals surface area (Å²) in [4.78, 5) is 1.18. The van der Waals surface area contributed by atoms with Crippen LogP contribution < -0.4 is 5.73 Å². The number of thioether (sulfide) groups is 1. The second kappa shape index (κ2) is 5.95. The molecule has 0 fully saturated rings. The third-order valence-electron chi connectivity index (χ3n) is 2.70. The quantitative estimate of drug-likeness (QED) is 0.204. The van der Waals surface area contributed by atoms with Crippen molar-refractivity contribution in [3.05, 3.63) is 12.4 Å². The van der Waals surface area contributed by atoms with Gasteiger partial charge in [-0.05, 0) is 18.6 Å². The van der Waals surface area contributed by atoms with E-state index < -0.39 is 0 Å². The van der Waals surface area contributed by atoms with Gasteiger partial charge in [0.05, 0.1) is 6.20 Å². The molecule has 17 heavy (non-hydrogen) atoms. The van der Waals surface area contributed by atoms with E-state index in [1.165, 1.54) is 4.90 Å².